The highest BCUT2D eigenvalue weighted by Crippen LogP contribution is 2.38. The van der Waals surface area contributed by atoms with Crippen LogP contribution in [0.4, 0.5) is 32.0 Å². The number of amides is 2. The minimum Gasteiger partial charge on any atom is -0.478 e. The van der Waals surface area contributed by atoms with Crippen molar-refractivity contribution in [2.24, 2.45) is 0 Å². The largest absolute Gasteiger partial charge is 0.478 e. The van der Waals surface area contributed by atoms with E-state index in [0.717, 1.165) is 28.7 Å². The number of carbonyl (C=O) groups excluding carboxylic acids is 2. The second-order valence-corrected chi connectivity index (χ2v) is 15.7. The molecule has 0 fully saturated rings. The Morgan fingerprint density at radius 3 is 1.47 bits per heavy atom. The van der Waals surface area contributed by atoms with Crippen molar-refractivity contribution < 1.29 is 51.3 Å². The van der Waals surface area contributed by atoms with Crippen molar-refractivity contribution in [1.29, 1.82) is 0 Å². The summed E-state index contributed by atoms with van der Waals surface area (Å²) >= 11 is 25.2. The Morgan fingerprint density at radius 1 is 0.593 bits per heavy atom. The van der Waals surface area contributed by atoms with Gasteiger partial charge in [-0.25, -0.2) is 31.5 Å². The van der Waals surface area contributed by atoms with Gasteiger partial charge in [0.05, 0.1) is 0 Å². The number of benzene rings is 4. The van der Waals surface area contributed by atoms with E-state index in [9.17, 15) is 51.3 Å². The summed E-state index contributed by atoms with van der Waals surface area (Å²) in [6, 6.07) is 18.2. The maximum absolute atomic E-state index is 14.4. The minimum absolute atomic E-state index is 0.00724. The van der Waals surface area contributed by atoms with Gasteiger partial charge in [-0.1, -0.05) is 76.7 Å². The summed E-state index contributed by atoms with van der Waals surface area (Å²) in [6.07, 6.45) is -5.48. The van der Waals surface area contributed by atoms with Crippen LogP contribution in [0.15, 0.2) is 89.6 Å². The summed E-state index contributed by atoms with van der Waals surface area (Å²) in [7, 11) is 0. The van der Waals surface area contributed by atoms with E-state index in [-0.39, 0.29) is 42.3 Å². The van der Waals surface area contributed by atoms with E-state index in [2.05, 4.69) is 10.6 Å². The third-order valence-corrected chi connectivity index (χ3v) is 11.3. The summed E-state index contributed by atoms with van der Waals surface area (Å²) in [6.45, 7) is 0. The number of hydrogen-bond acceptors (Lipinski definition) is 6. The Labute approximate surface area is 359 Å². The molecular weight excluding hydrogens is 905 g/mol. The Morgan fingerprint density at radius 2 is 1.03 bits per heavy atom. The summed E-state index contributed by atoms with van der Waals surface area (Å²) in [4.78, 5) is 48.0. The van der Waals surface area contributed by atoms with Crippen molar-refractivity contribution in [2.75, 3.05) is 10.6 Å². The lowest BCUT2D eigenvalue weighted by Crippen LogP contribution is -2.26. The Kier molecular flexibility index (Phi) is 15.1. The van der Waals surface area contributed by atoms with E-state index in [1.807, 2.05) is 0 Å². The Balaban J connectivity index is 0.000000224. The highest BCUT2D eigenvalue weighted by molar-refractivity contribution is 7.15. The molecule has 8 nitrogen and oxygen atoms in total. The van der Waals surface area contributed by atoms with E-state index >= 15 is 0 Å². The average molecular weight is 931 g/mol. The van der Waals surface area contributed by atoms with Crippen LogP contribution >= 0.6 is 69.1 Å². The molecule has 2 unspecified atom stereocenters. The number of carboxylic acid groups (broad SMARTS) is 2. The molecule has 4 N–H and O–H groups in total. The molecule has 6 rings (SSSR count). The highest BCUT2D eigenvalue weighted by Gasteiger charge is 2.27. The van der Waals surface area contributed by atoms with Crippen molar-refractivity contribution in [3.05, 3.63) is 149 Å². The van der Waals surface area contributed by atoms with Crippen molar-refractivity contribution in [2.45, 2.75) is 25.2 Å². The number of halogens is 9. The fourth-order valence-electron chi connectivity index (χ4n) is 5.39. The van der Waals surface area contributed by atoms with Gasteiger partial charge in [-0.15, -0.1) is 22.7 Å². The second-order valence-electron chi connectivity index (χ2n) is 12.2. The SMILES string of the molecule is O=C(O)c1c(-c2ccc(Cl)cc2)csc1NC(=O)C(F)Cc1c(F)cccc1Cl.O=C(O)c1c(-c2ccc(Cl)cc2)csc1NC(=O)C(F)Cc1cc(F)c(F)cc1Cl. The first kappa shape index (κ1) is 45.1. The normalized spacial score (nSPS) is 11.9. The summed E-state index contributed by atoms with van der Waals surface area (Å²) in [5.74, 6) is -7.95. The third kappa shape index (κ3) is 11.2. The fraction of sp³-hybridized carbons (Fsp3) is 0.100. The van der Waals surface area contributed by atoms with Crippen LogP contribution < -0.4 is 10.6 Å². The predicted octanol–water partition coefficient (Wildman–Crippen LogP) is 12.3. The molecule has 59 heavy (non-hydrogen) atoms. The number of carbonyl (C=O) groups is 4. The van der Waals surface area contributed by atoms with Crippen molar-refractivity contribution in [1.82, 2.24) is 0 Å². The topological polar surface area (TPSA) is 133 Å². The van der Waals surface area contributed by atoms with Gasteiger partial charge in [0.15, 0.2) is 24.0 Å². The zero-order valence-corrected chi connectivity index (χ0v) is 34.1. The zero-order chi connectivity index (χ0) is 43.1. The molecular formula is C40H25Cl4F5N2O6S2. The monoisotopic (exact) mass is 928 g/mol. The maximum atomic E-state index is 14.4. The maximum Gasteiger partial charge on any atom is 0.339 e. The lowest BCUT2D eigenvalue weighted by atomic mass is 10.0. The van der Waals surface area contributed by atoms with E-state index < -0.39 is 66.4 Å². The van der Waals surface area contributed by atoms with Gasteiger partial charge in [-0.05, 0) is 65.2 Å². The predicted molar refractivity (Wildman–Crippen MR) is 221 cm³/mol. The van der Waals surface area contributed by atoms with E-state index in [1.54, 1.807) is 53.9 Å². The molecule has 2 amide bonds. The standard InChI is InChI=1S/C20H12Cl2F3NO3S.C20H13Cl2F2NO3S/c21-11-3-1-9(2-4-11)12-8-30-19(17(12)20(28)29)26-18(27)16(25)6-10-5-14(23)15(24)7-13(10)22;21-11-6-4-10(5-7-11)13-9-29-19(17(13)20(27)28)25-18(26)16(24)8-12-14(22)2-1-3-15(12)23/h1-5,7-8,16H,6H2,(H,26,27)(H,28,29);1-7,9,16H,8H2,(H,25,26)(H,27,28). The van der Waals surface area contributed by atoms with Gasteiger partial charge >= 0.3 is 11.9 Å². The van der Waals surface area contributed by atoms with E-state index in [1.165, 1.54) is 17.5 Å². The Hall–Kier alpha value is -5.03. The first-order valence-corrected chi connectivity index (χ1v) is 19.9. The lowest BCUT2D eigenvalue weighted by Gasteiger charge is -2.11. The van der Waals surface area contributed by atoms with Crippen molar-refractivity contribution >= 4 is 103 Å². The van der Waals surface area contributed by atoms with E-state index in [4.69, 9.17) is 46.4 Å². The quantitative estimate of drug-likeness (QED) is 0.0714. The first-order valence-electron chi connectivity index (χ1n) is 16.6. The van der Waals surface area contributed by atoms with Gasteiger partial charge in [0.1, 0.15) is 26.9 Å². The van der Waals surface area contributed by atoms with Crippen LogP contribution in [0.1, 0.15) is 31.8 Å². The number of rotatable bonds is 12. The molecule has 0 bridgehead atoms. The molecule has 2 aromatic heterocycles. The van der Waals surface area contributed by atoms with E-state index in [0.29, 0.717) is 44.4 Å². The second kappa shape index (κ2) is 19.8. The molecule has 0 radical (unpaired) electrons. The van der Waals surface area contributed by atoms with Gasteiger partial charge in [-0.3, -0.25) is 9.59 Å². The molecule has 0 aliphatic heterocycles. The Bertz CT molecular complexity index is 2520. The number of thiophene rings is 2. The van der Waals surface area contributed by atoms with Crippen LogP contribution in [0.2, 0.25) is 20.1 Å². The van der Waals surface area contributed by atoms with Gasteiger partial charge in [0.2, 0.25) is 0 Å². The lowest BCUT2D eigenvalue weighted by molar-refractivity contribution is -0.121. The third-order valence-electron chi connectivity index (χ3n) is 8.30. The highest BCUT2D eigenvalue weighted by atomic mass is 35.5. The molecule has 0 aliphatic rings. The summed E-state index contributed by atoms with van der Waals surface area (Å²) in [5.41, 5.74) is 1.25. The van der Waals surface area contributed by atoms with Gasteiger partial charge in [0.25, 0.3) is 11.8 Å². The molecule has 6 aromatic rings. The molecule has 0 saturated heterocycles. The number of carboxylic acids is 2. The van der Waals surface area contributed by atoms with Crippen LogP contribution in [-0.4, -0.2) is 46.3 Å². The molecule has 306 valence electrons. The number of aromatic carboxylic acids is 2. The first-order chi connectivity index (χ1) is 27.9. The molecule has 2 heterocycles. The molecule has 2 atom stereocenters. The molecule has 0 aliphatic carbocycles. The minimum atomic E-state index is -2.17. The number of hydrogen-bond donors (Lipinski definition) is 4. The molecule has 0 saturated carbocycles. The van der Waals surface area contributed by atoms with Gasteiger partial charge < -0.3 is 20.8 Å². The zero-order valence-electron chi connectivity index (χ0n) is 29.5. The van der Waals surface area contributed by atoms with Crippen molar-refractivity contribution in [3.63, 3.8) is 0 Å². The van der Waals surface area contributed by atoms with Crippen LogP contribution in [0.25, 0.3) is 22.3 Å². The fourth-order valence-corrected chi connectivity index (χ4v) is 8.04. The van der Waals surface area contributed by atoms with Gasteiger partial charge in [-0.2, -0.15) is 0 Å². The van der Waals surface area contributed by atoms with Crippen LogP contribution in [-0.2, 0) is 22.4 Å². The van der Waals surface area contributed by atoms with Gasteiger partial charge in [0, 0.05) is 60.4 Å². The van der Waals surface area contributed by atoms with Crippen LogP contribution in [0.3, 0.4) is 0 Å². The van der Waals surface area contributed by atoms with Crippen LogP contribution in [0.5, 0.6) is 0 Å². The smallest absolute Gasteiger partial charge is 0.339 e. The van der Waals surface area contributed by atoms with Crippen molar-refractivity contribution in [3.8, 4) is 22.3 Å². The number of nitrogens with one attached hydrogen (secondary N) is 2. The summed E-state index contributed by atoms with van der Waals surface area (Å²) in [5, 5.41) is 27.4. The number of alkyl halides is 2. The number of anilines is 2. The molecule has 19 heteroatoms. The molecule has 0 spiro atoms. The average Bonchev–Trinajstić information content (AvgIpc) is 3.81. The summed E-state index contributed by atoms with van der Waals surface area (Å²) < 4.78 is 69.2. The molecule has 4 aromatic carbocycles. The van der Waals surface area contributed by atoms with Crippen LogP contribution in [0, 0.1) is 17.5 Å².